The number of aromatic nitrogens is 5. The summed E-state index contributed by atoms with van der Waals surface area (Å²) in [6.45, 7) is 9.29. The minimum atomic E-state index is -4.53. The Morgan fingerprint density at radius 3 is 2.56 bits per heavy atom. The Morgan fingerprint density at radius 2 is 1.88 bits per heavy atom. The topological polar surface area (TPSA) is 85.5 Å². The van der Waals surface area contributed by atoms with E-state index in [-0.39, 0.29) is 30.3 Å². The van der Waals surface area contributed by atoms with Gasteiger partial charge in [-0.05, 0) is 25.2 Å². The van der Waals surface area contributed by atoms with Crippen LogP contribution in [-0.4, -0.2) is 89.9 Å². The van der Waals surface area contributed by atoms with E-state index >= 15 is 0 Å². The molecule has 0 saturated carbocycles. The van der Waals surface area contributed by atoms with Crippen LogP contribution in [0.4, 0.5) is 30.5 Å². The molecule has 4 aromatic rings. The molecule has 0 radical (unpaired) electrons. The van der Waals surface area contributed by atoms with Gasteiger partial charge in [0.15, 0.2) is 6.61 Å². The fourth-order valence-electron chi connectivity index (χ4n) is 4.78. The number of piperazine rings is 1. The second-order valence-electron chi connectivity index (χ2n) is 12.1. The number of likely N-dealkylation sites (N-methyl/N-ethyl adjacent to an activating group) is 1. The van der Waals surface area contributed by atoms with Crippen LogP contribution in [0.15, 0.2) is 43.0 Å². The van der Waals surface area contributed by atoms with Crippen molar-refractivity contribution < 1.29 is 24.0 Å². The number of benzene rings is 1. The van der Waals surface area contributed by atoms with E-state index < -0.39 is 20.9 Å². The summed E-state index contributed by atoms with van der Waals surface area (Å²) in [5, 5.41) is 7.92. The van der Waals surface area contributed by atoms with Crippen LogP contribution in [0.1, 0.15) is 1.37 Å². The summed E-state index contributed by atoms with van der Waals surface area (Å²) >= 11 is 0. The lowest BCUT2D eigenvalue weighted by atomic mass is 10.0. The zero-order valence-electron chi connectivity index (χ0n) is 26.2. The van der Waals surface area contributed by atoms with Crippen LogP contribution >= 0.6 is 0 Å². The number of alkyl halides is 3. The number of rotatable bonds is 11. The number of hydrogen-bond donors (Lipinski definition) is 1. The van der Waals surface area contributed by atoms with E-state index in [0.717, 1.165) is 35.9 Å². The highest BCUT2D eigenvalue weighted by Crippen LogP contribution is 2.41. The van der Waals surface area contributed by atoms with Crippen LogP contribution in [0.25, 0.3) is 22.2 Å². The standard InChI is InChI=1S/C29H39F3N8O2Si/c1-37-8-10-39(11-9-37)25-15-26(42-19-29(30,31)32)24(14-23(25)22-17-34-38(2)18-22)35-28-33-16-21-6-7-40(27(21)36-28)20-41-12-13-43(3,4)5/h6-7,14-18H,8-13,19-20H2,1-5H3,(H,33,35,36)/i16D. The Hall–Kier alpha value is -3.62. The lowest BCUT2D eigenvalue weighted by Crippen LogP contribution is -2.44. The van der Waals surface area contributed by atoms with Gasteiger partial charge in [-0.3, -0.25) is 4.68 Å². The van der Waals surface area contributed by atoms with Crippen molar-refractivity contribution in [1.29, 1.82) is 0 Å². The molecule has 14 heteroatoms. The van der Waals surface area contributed by atoms with E-state index in [0.29, 0.717) is 30.7 Å². The van der Waals surface area contributed by atoms with E-state index in [1.807, 2.05) is 20.3 Å². The van der Waals surface area contributed by atoms with Crippen molar-refractivity contribution in [2.75, 3.05) is 56.7 Å². The Balaban J connectivity index is 1.52. The Labute approximate surface area is 251 Å². The Bertz CT molecular complexity index is 1600. The third kappa shape index (κ3) is 8.06. The van der Waals surface area contributed by atoms with Crippen molar-refractivity contribution >= 4 is 36.4 Å². The summed E-state index contributed by atoms with van der Waals surface area (Å²) in [5.41, 5.74) is 3.05. The SMILES string of the molecule is [2H]c1nc(Nc2cc(-c3cnn(C)c3)c(N3CCN(C)CC3)cc2OCC(F)(F)F)nc2c1ccn2COCC[Si](C)(C)C. The monoisotopic (exact) mass is 617 g/mol. The summed E-state index contributed by atoms with van der Waals surface area (Å²) in [7, 11) is 2.59. The second kappa shape index (κ2) is 12.5. The molecule has 1 aromatic carbocycles. The van der Waals surface area contributed by atoms with Crippen molar-refractivity contribution in [2.24, 2.45) is 7.05 Å². The van der Waals surface area contributed by atoms with Crippen LogP contribution < -0.4 is 15.0 Å². The average molecular weight is 618 g/mol. The molecular weight excluding hydrogens is 577 g/mol. The molecule has 0 aliphatic carbocycles. The third-order valence-electron chi connectivity index (χ3n) is 7.25. The van der Waals surface area contributed by atoms with Gasteiger partial charge in [0.2, 0.25) is 5.95 Å². The minimum absolute atomic E-state index is 0.00387. The normalized spacial score (nSPS) is 15.3. The maximum Gasteiger partial charge on any atom is 0.422 e. The number of aryl methyl sites for hydroxylation is 1. The van der Waals surface area contributed by atoms with Gasteiger partial charge >= 0.3 is 6.18 Å². The van der Waals surface area contributed by atoms with E-state index in [2.05, 4.69) is 49.8 Å². The van der Waals surface area contributed by atoms with Crippen molar-refractivity contribution in [1.82, 2.24) is 29.2 Å². The fourth-order valence-corrected chi connectivity index (χ4v) is 5.54. The number of fused-ring (bicyclic) bond motifs is 1. The number of nitrogens with one attached hydrogen (secondary N) is 1. The van der Waals surface area contributed by atoms with Gasteiger partial charge in [0, 0.05) is 94.7 Å². The van der Waals surface area contributed by atoms with Gasteiger partial charge in [-0.25, -0.2) is 4.98 Å². The van der Waals surface area contributed by atoms with E-state index in [1.54, 1.807) is 39.8 Å². The van der Waals surface area contributed by atoms with E-state index in [1.165, 1.54) is 0 Å². The van der Waals surface area contributed by atoms with Crippen LogP contribution in [0.3, 0.4) is 0 Å². The number of halogens is 3. The maximum absolute atomic E-state index is 13.3. The van der Waals surface area contributed by atoms with Crippen molar-refractivity contribution in [2.45, 2.75) is 38.6 Å². The Kier molecular flexibility index (Phi) is 8.59. The molecule has 0 unspecified atom stereocenters. The molecule has 0 amide bonds. The quantitative estimate of drug-likeness (QED) is 0.173. The molecule has 1 aliphatic rings. The zero-order chi connectivity index (χ0) is 31.6. The van der Waals surface area contributed by atoms with Crippen molar-refractivity contribution in [3.63, 3.8) is 0 Å². The summed E-state index contributed by atoms with van der Waals surface area (Å²) in [6.07, 6.45) is 0.812. The molecule has 0 bridgehead atoms. The lowest BCUT2D eigenvalue weighted by molar-refractivity contribution is -0.153. The molecule has 1 aliphatic heterocycles. The predicted molar refractivity (Wildman–Crippen MR) is 165 cm³/mol. The molecular formula is C29H39F3N8O2Si. The molecule has 232 valence electrons. The van der Waals surface area contributed by atoms with Crippen LogP contribution in [0, 0.1) is 0 Å². The van der Waals surface area contributed by atoms with E-state index in [9.17, 15) is 13.2 Å². The molecule has 43 heavy (non-hydrogen) atoms. The molecule has 4 heterocycles. The third-order valence-corrected chi connectivity index (χ3v) is 8.95. The average Bonchev–Trinajstić information content (AvgIpc) is 3.56. The molecule has 10 nitrogen and oxygen atoms in total. The van der Waals surface area contributed by atoms with Crippen LogP contribution in [0.2, 0.25) is 25.7 Å². The first-order chi connectivity index (χ1) is 20.8. The maximum atomic E-state index is 13.3. The van der Waals surface area contributed by atoms with Crippen molar-refractivity contribution in [3.05, 3.63) is 43.0 Å². The first-order valence-corrected chi connectivity index (χ1v) is 17.9. The van der Waals surface area contributed by atoms with Gasteiger partial charge < -0.3 is 29.2 Å². The largest absolute Gasteiger partial charge is 0.482 e. The molecule has 1 N–H and O–H groups in total. The van der Waals surface area contributed by atoms with Gasteiger partial charge in [0.05, 0.1) is 13.3 Å². The smallest absolute Gasteiger partial charge is 0.422 e. The van der Waals surface area contributed by atoms with Crippen molar-refractivity contribution in [3.8, 4) is 16.9 Å². The highest BCUT2D eigenvalue weighted by molar-refractivity contribution is 6.76. The van der Waals surface area contributed by atoms with Gasteiger partial charge in [0.1, 0.15) is 18.1 Å². The predicted octanol–water partition coefficient (Wildman–Crippen LogP) is 5.58. The lowest BCUT2D eigenvalue weighted by Gasteiger charge is -2.35. The van der Waals surface area contributed by atoms with Gasteiger partial charge in [-0.15, -0.1) is 0 Å². The highest BCUT2D eigenvalue weighted by Gasteiger charge is 2.30. The fraction of sp³-hybridized carbons (Fsp3) is 0.483. The number of ether oxygens (including phenoxy) is 2. The minimum Gasteiger partial charge on any atom is -0.482 e. The molecule has 0 atom stereocenters. The van der Waals surface area contributed by atoms with Gasteiger partial charge in [-0.1, -0.05) is 19.6 Å². The summed E-state index contributed by atoms with van der Waals surface area (Å²) in [6, 6.07) is 6.15. The summed E-state index contributed by atoms with van der Waals surface area (Å²) < 4.78 is 63.3. The first kappa shape index (κ1) is 29.4. The summed E-state index contributed by atoms with van der Waals surface area (Å²) in [5.74, 6) is 0.0649. The number of nitrogens with zero attached hydrogens (tertiary/aromatic N) is 7. The van der Waals surface area contributed by atoms with Gasteiger partial charge in [-0.2, -0.15) is 23.3 Å². The molecule has 1 fully saturated rings. The van der Waals surface area contributed by atoms with E-state index in [4.69, 9.17) is 10.8 Å². The molecule has 1 saturated heterocycles. The summed E-state index contributed by atoms with van der Waals surface area (Å²) in [4.78, 5) is 13.3. The highest BCUT2D eigenvalue weighted by atomic mass is 28.3. The Morgan fingerprint density at radius 1 is 1.12 bits per heavy atom. The van der Waals surface area contributed by atoms with Crippen LogP contribution in [0.5, 0.6) is 5.75 Å². The zero-order valence-corrected chi connectivity index (χ0v) is 26.2. The molecule has 3 aromatic heterocycles. The van der Waals surface area contributed by atoms with Gasteiger partial charge in [0.25, 0.3) is 0 Å². The number of hydrogen-bond acceptors (Lipinski definition) is 8. The van der Waals surface area contributed by atoms with Crippen LogP contribution in [-0.2, 0) is 18.5 Å². The first-order valence-electron chi connectivity index (χ1n) is 14.7. The second-order valence-corrected chi connectivity index (χ2v) is 17.7. The number of anilines is 3. The molecule has 0 spiro atoms. The molecule has 5 rings (SSSR count).